The Hall–Kier alpha value is -1.69. The highest BCUT2D eigenvalue weighted by atomic mass is 16.3. The van der Waals surface area contributed by atoms with Gasteiger partial charge in [-0.1, -0.05) is 6.92 Å². The van der Waals surface area contributed by atoms with E-state index in [1.165, 1.54) is 4.90 Å². The monoisotopic (exact) mass is 252 g/mol. The van der Waals surface area contributed by atoms with Crippen molar-refractivity contribution in [2.45, 2.75) is 26.4 Å². The van der Waals surface area contributed by atoms with Crippen LogP contribution in [0.4, 0.5) is 5.82 Å². The summed E-state index contributed by atoms with van der Waals surface area (Å²) >= 11 is 0. The van der Waals surface area contributed by atoms with Crippen LogP contribution in [0.2, 0.25) is 0 Å². The predicted molar refractivity (Wildman–Crippen MR) is 69.5 cm³/mol. The Balaban J connectivity index is 2.63. The topological polar surface area (TPSA) is 78.4 Å². The Morgan fingerprint density at radius 1 is 1.50 bits per heavy atom. The molecule has 1 aromatic heterocycles. The Kier molecular flexibility index (Phi) is 5.51. The van der Waals surface area contributed by atoms with Gasteiger partial charge in [-0.2, -0.15) is 0 Å². The van der Waals surface area contributed by atoms with Crippen LogP contribution in [0.1, 0.15) is 30.8 Å². The Morgan fingerprint density at radius 2 is 2.22 bits per heavy atom. The molecule has 0 radical (unpaired) electrons. The zero-order valence-electron chi connectivity index (χ0n) is 11.1. The van der Waals surface area contributed by atoms with Gasteiger partial charge in [-0.15, -0.1) is 10.2 Å². The molecule has 0 bridgehead atoms. The maximum absolute atomic E-state index is 11.9. The van der Waals surface area contributed by atoms with Gasteiger partial charge in [0.15, 0.2) is 5.69 Å². The molecule has 0 aliphatic carbocycles. The quantitative estimate of drug-likeness (QED) is 0.781. The van der Waals surface area contributed by atoms with Gasteiger partial charge in [0.25, 0.3) is 5.91 Å². The minimum atomic E-state index is -0.558. The van der Waals surface area contributed by atoms with Gasteiger partial charge in [0, 0.05) is 20.1 Å². The molecule has 0 aliphatic rings. The van der Waals surface area contributed by atoms with Crippen molar-refractivity contribution in [1.29, 1.82) is 0 Å². The molecule has 0 aromatic carbocycles. The number of aromatic nitrogens is 2. The van der Waals surface area contributed by atoms with Crippen LogP contribution >= 0.6 is 0 Å². The van der Waals surface area contributed by atoms with Crippen molar-refractivity contribution >= 4 is 11.7 Å². The van der Waals surface area contributed by atoms with Gasteiger partial charge in [0.1, 0.15) is 5.82 Å². The molecule has 18 heavy (non-hydrogen) atoms. The summed E-state index contributed by atoms with van der Waals surface area (Å²) in [6, 6.07) is 3.36. The van der Waals surface area contributed by atoms with Crippen LogP contribution in [0.5, 0.6) is 0 Å². The fraction of sp³-hybridized carbons (Fsp3) is 0.583. The third kappa shape index (κ3) is 4.29. The highest BCUT2D eigenvalue weighted by Crippen LogP contribution is 2.04. The lowest BCUT2D eigenvalue weighted by Gasteiger charge is -2.17. The van der Waals surface area contributed by atoms with Crippen molar-refractivity contribution < 1.29 is 9.90 Å². The van der Waals surface area contributed by atoms with Gasteiger partial charge in [-0.3, -0.25) is 4.79 Å². The van der Waals surface area contributed by atoms with Crippen LogP contribution in [-0.4, -0.2) is 52.4 Å². The number of hydrogen-bond acceptors (Lipinski definition) is 5. The van der Waals surface area contributed by atoms with Gasteiger partial charge in [-0.05, 0) is 25.5 Å². The smallest absolute Gasteiger partial charge is 0.274 e. The lowest BCUT2D eigenvalue weighted by molar-refractivity contribution is 0.0697. The molecule has 2 N–H and O–H groups in total. The first-order chi connectivity index (χ1) is 8.54. The first-order valence-electron chi connectivity index (χ1n) is 6.05. The SMILES string of the molecule is CCCNc1ccc(C(=O)N(C)CC(C)O)nn1. The van der Waals surface area contributed by atoms with E-state index >= 15 is 0 Å². The molecular formula is C12H20N4O2. The van der Waals surface area contributed by atoms with E-state index in [0.717, 1.165) is 13.0 Å². The number of aliphatic hydroxyl groups is 1. The van der Waals surface area contributed by atoms with Crippen molar-refractivity contribution in [3.63, 3.8) is 0 Å². The molecule has 0 fully saturated rings. The first-order valence-corrected chi connectivity index (χ1v) is 6.05. The third-order valence-corrected chi connectivity index (χ3v) is 2.32. The molecule has 6 nitrogen and oxygen atoms in total. The number of nitrogens with one attached hydrogen (secondary N) is 1. The van der Waals surface area contributed by atoms with Gasteiger partial charge >= 0.3 is 0 Å². The maximum Gasteiger partial charge on any atom is 0.274 e. The standard InChI is InChI=1S/C12H20N4O2/c1-4-7-13-11-6-5-10(14-15-11)12(18)16(3)8-9(2)17/h5-6,9,17H,4,7-8H2,1-3H3,(H,13,15). The largest absolute Gasteiger partial charge is 0.392 e. The van der Waals surface area contributed by atoms with Crippen LogP contribution in [0, 0.1) is 0 Å². The number of nitrogens with zero attached hydrogens (tertiary/aromatic N) is 3. The van der Waals surface area contributed by atoms with E-state index in [9.17, 15) is 9.90 Å². The van der Waals surface area contributed by atoms with Crippen molar-refractivity contribution in [2.24, 2.45) is 0 Å². The molecule has 1 heterocycles. The van der Waals surface area contributed by atoms with E-state index in [0.29, 0.717) is 5.82 Å². The second kappa shape index (κ2) is 6.90. The van der Waals surface area contributed by atoms with Crippen LogP contribution in [0.3, 0.4) is 0 Å². The number of rotatable bonds is 6. The summed E-state index contributed by atoms with van der Waals surface area (Å²) in [5.41, 5.74) is 0.278. The molecule has 0 spiro atoms. The molecule has 1 aromatic rings. The molecule has 1 unspecified atom stereocenters. The maximum atomic E-state index is 11.9. The normalized spacial score (nSPS) is 12.0. The summed E-state index contributed by atoms with van der Waals surface area (Å²) in [6.07, 6.45) is 0.442. The van der Waals surface area contributed by atoms with E-state index in [1.54, 1.807) is 26.1 Å². The van der Waals surface area contributed by atoms with Gasteiger partial charge < -0.3 is 15.3 Å². The molecule has 1 rings (SSSR count). The lowest BCUT2D eigenvalue weighted by Crippen LogP contribution is -2.33. The zero-order chi connectivity index (χ0) is 13.5. The Morgan fingerprint density at radius 3 is 2.72 bits per heavy atom. The van der Waals surface area contributed by atoms with Crippen LogP contribution in [0.25, 0.3) is 0 Å². The average molecular weight is 252 g/mol. The second-order valence-electron chi connectivity index (χ2n) is 4.27. The molecule has 100 valence electrons. The molecule has 0 aliphatic heterocycles. The fourth-order valence-corrected chi connectivity index (χ4v) is 1.47. The summed E-state index contributed by atoms with van der Waals surface area (Å²) in [5, 5.41) is 20.1. The third-order valence-electron chi connectivity index (χ3n) is 2.32. The number of likely N-dealkylation sites (N-methyl/N-ethyl adjacent to an activating group) is 1. The van der Waals surface area contributed by atoms with Gasteiger partial charge in [0.05, 0.1) is 6.10 Å². The predicted octanol–water partition coefficient (Wildman–Crippen LogP) is 0.751. The van der Waals surface area contributed by atoms with E-state index in [-0.39, 0.29) is 18.1 Å². The average Bonchev–Trinajstić information content (AvgIpc) is 2.35. The van der Waals surface area contributed by atoms with Crippen LogP contribution < -0.4 is 5.32 Å². The van der Waals surface area contributed by atoms with Gasteiger partial charge in [0.2, 0.25) is 0 Å². The molecule has 1 amide bonds. The summed E-state index contributed by atoms with van der Waals surface area (Å²) in [6.45, 7) is 4.79. The highest BCUT2D eigenvalue weighted by molar-refractivity contribution is 5.92. The summed E-state index contributed by atoms with van der Waals surface area (Å²) in [7, 11) is 1.62. The number of carbonyl (C=O) groups is 1. The number of aliphatic hydroxyl groups excluding tert-OH is 1. The lowest BCUT2D eigenvalue weighted by atomic mass is 10.3. The Labute approximate surface area is 107 Å². The van der Waals surface area contributed by atoms with E-state index < -0.39 is 6.10 Å². The van der Waals surface area contributed by atoms with Crippen LogP contribution in [0.15, 0.2) is 12.1 Å². The summed E-state index contributed by atoms with van der Waals surface area (Å²) in [5.74, 6) is 0.414. The number of hydrogen-bond donors (Lipinski definition) is 2. The molecule has 0 saturated heterocycles. The van der Waals surface area contributed by atoms with Crippen molar-refractivity contribution in [1.82, 2.24) is 15.1 Å². The molecular weight excluding hydrogens is 232 g/mol. The van der Waals surface area contributed by atoms with Crippen molar-refractivity contribution in [2.75, 3.05) is 25.5 Å². The van der Waals surface area contributed by atoms with E-state index in [4.69, 9.17) is 0 Å². The molecule has 1 atom stereocenters. The minimum absolute atomic E-state index is 0.245. The van der Waals surface area contributed by atoms with Crippen molar-refractivity contribution in [3.8, 4) is 0 Å². The van der Waals surface area contributed by atoms with Crippen molar-refractivity contribution in [3.05, 3.63) is 17.8 Å². The molecule has 6 heteroatoms. The van der Waals surface area contributed by atoms with Crippen LogP contribution in [-0.2, 0) is 0 Å². The van der Waals surface area contributed by atoms with E-state index in [2.05, 4.69) is 22.4 Å². The highest BCUT2D eigenvalue weighted by Gasteiger charge is 2.15. The van der Waals surface area contributed by atoms with Gasteiger partial charge in [-0.25, -0.2) is 0 Å². The first kappa shape index (κ1) is 14.4. The summed E-state index contributed by atoms with van der Waals surface area (Å²) < 4.78 is 0. The summed E-state index contributed by atoms with van der Waals surface area (Å²) in [4.78, 5) is 13.3. The zero-order valence-corrected chi connectivity index (χ0v) is 11.1. The molecule has 0 saturated carbocycles. The minimum Gasteiger partial charge on any atom is -0.392 e. The number of anilines is 1. The van der Waals surface area contributed by atoms with E-state index in [1.807, 2.05) is 0 Å². The number of amides is 1. The fourth-order valence-electron chi connectivity index (χ4n) is 1.47. The number of carbonyl (C=O) groups excluding carboxylic acids is 1. The second-order valence-corrected chi connectivity index (χ2v) is 4.27. The Bertz CT molecular complexity index is 378.